The Bertz CT molecular complexity index is 289. The molecule has 0 amide bonds. The molecule has 0 bridgehead atoms. The molecule has 78 valence electrons. The third-order valence-corrected chi connectivity index (χ3v) is 2.03. The first-order valence-electron chi connectivity index (χ1n) is 4.41. The van der Waals surface area contributed by atoms with Crippen LogP contribution < -0.4 is 5.32 Å². The van der Waals surface area contributed by atoms with E-state index in [1.54, 1.807) is 12.3 Å². The van der Waals surface area contributed by atoms with Crippen molar-refractivity contribution in [2.45, 2.75) is 32.4 Å². The molecule has 0 fully saturated rings. The van der Waals surface area contributed by atoms with Crippen LogP contribution in [0.15, 0.2) is 22.8 Å². The van der Waals surface area contributed by atoms with Crippen LogP contribution in [0.5, 0.6) is 0 Å². The molecule has 1 heterocycles. The van der Waals surface area contributed by atoms with E-state index in [9.17, 15) is 4.79 Å². The van der Waals surface area contributed by atoms with E-state index in [4.69, 9.17) is 4.74 Å². The third-order valence-electron chi connectivity index (χ3n) is 1.50. The Labute approximate surface area is 92.3 Å². The Kier molecular flexibility index (Phi) is 3.37. The van der Waals surface area contributed by atoms with E-state index in [0.717, 1.165) is 4.48 Å². The topological polar surface area (TPSA) is 38.3 Å². The number of esters is 1. The fourth-order valence-corrected chi connectivity index (χ4v) is 1.39. The fraction of sp³-hybridized carbons (Fsp3) is 0.500. The van der Waals surface area contributed by atoms with Crippen LogP contribution in [0, 0.1) is 0 Å². The molecule has 0 spiro atoms. The summed E-state index contributed by atoms with van der Waals surface area (Å²) in [6.45, 7) is 5.55. The van der Waals surface area contributed by atoms with Crippen molar-refractivity contribution in [3.8, 4) is 0 Å². The molecule has 4 heteroatoms. The Morgan fingerprint density at radius 1 is 1.57 bits per heavy atom. The molecule has 0 saturated heterocycles. The van der Waals surface area contributed by atoms with Gasteiger partial charge in [-0.05, 0) is 39.1 Å². The molecule has 1 N–H and O–H groups in total. The van der Waals surface area contributed by atoms with Crippen LogP contribution >= 0.6 is 15.9 Å². The van der Waals surface area contributed by atoms with Crippen molar-refractivity contribution < 1.29 is 9.53 Å². The van der Waals surface area contributed by atoms with Gasteiger partial charge in [0.1, 0.15) is 11.6 Å². The minimum absolute atomic E-state index is 0.265. The number of hydrogen-bond donors (Lipinski definition) is 1. The number of carbonyl (C=O) groups excluding carboxylic acids is 1. The predicted octanol–water partition coefficient (Wildman–Crippen LogP) is 2.09. The Hall–Kier alpha value is -0.770. The molecule has 0 aromatic heterocycles. The van der Waals surface area contributed by atoms with Crippen molar-refractivity contribution in [2.75, 3.05) is 0 Å². The van der Waals surface area contributed by atoms with Crippen molar-refractivity contribution in [1.29, 1.82) is 0 Å². The number of ether oxygens (including phenoxy) is 1. The van der Waals surface area contributed by atoms with Crippen molar-refractivity contribution >= 4 is 21.9 Å². The fourth-order valence-electron chi connectivity index (χ4n) is 0.996. The van der Waals surface area contributed by atoms with E-state index in [1.165, 1.54) is 0 Å². The van der Waals surface area contributed by atoms with Gasteiger partial charge in [-0.1, -0.05) is 15.9 Å². The van der Waals surface area contributed by atoms with Gasteiger partial charge in [-0.15, -0.1) is 0 Å². The highest BCUT2D eigenvalue weighted by molar-refractivity contribution is 9.11. The van der Waals surface area contributed by atoms with E-state index in [-0.39, 0.29) is 5.97 Å². The zero-order valence-electron chi connectivity index (χ0n) is 8.50. The van der Waals surface area contributed by atoms with E-state index in [2.05, 4.69) is 21.2 Å². The molecular weight excluding hydrogens is 246 g/mol. The lowest BCUT2D eigenvalue weighted by molar-refractivity contribution is -0.155. The van der Waals surface area contributed by atoms with Gasteiger partial charge >= 0.3 is 5.97 Å². The van der Waals surface area contributed by atoms with Crippen molar-refractivity contribution in [2.24, 2.45) is 0 Å². The average Bonchev–Trinajstić information content (AvgIpc) is 2.01. The Morgan fingerprint density at radius 3 is 2.71 bits per heavy atom. The summed E-state index contributed by atoms with van der Waals surface area (Å²) in [6, 6.07) is -0.395. The summed E-state index contributed by atoms with van der Waals surface area (Å²) in [6.07, 6.45) is 5.33. The number of halogens is 1. The SMILES string of the molecule is CC(C)(C)OC(=O)C1C=C(Br)C=CN1. The molecule has 0 aliphatic carbocycles. The highest BCUT2D eigenvalue weighted by Gasteiger charge is 2.23. The van der Waals surface area contributed by atoms with Crippen molar-refractivity contribution in [3.05, 3.63) is 22.8 Å². The quantitative estimate of drug-likeness (QED) is 0.734. The second-order valence-corrected chi connectivity index (χ2v) is 4.98. The van der Waals surface area contributed by atoms with Gasteiger partial charge in [0.05, 0.1) is 0 Å². The number of rotatable bonds is 1. The van der Waals surface area contributed by atoms with E-state index in [0.29, 0.717) is 0 Å². The van der Waals surface area contributed by atoms with Crippen LogP contribution in [0.25, 0.3) is 0 Å². The highest BCUT2D eigenvalue weighted by atomic mass is 79.9. The summed E-state index contributed by atoms with van der Waals surface area (Å²) >= 11 is 3.30. The van der Waals surface area contributed by atoms with Crippen LogP contribution in [0.1, 0.15) is 20.8 Å². The van der Waals surface area contributed by atoms with Crippen LogP contribution in [0.4, 0.5) is 0 Å². The first-order valence-corrected chi connectivity index (χ1v) is 5.20. The Morgan fingerprint density at radius 2 is 2.21 bits per heavy atom. The largest absolute Gasteiger partial charge is 0.458 e. The molecule has 1 unspecified atom stereocenters. The molecule has 1 rings (SSSR count). The minimum Gasteiger partial charge on any atom is -0.458 e. The molecule has 0 saturated carbocycles. The van der Waals surface area contributed by atoms with E-state index in [1.807, 2.05) is 26.8 Å². The lowest BCUT2D eigenvalue weighted by Crippen LogP contribution is -2.38. The van der Waals surface area contributed by atoms with Gasteiger partial charge < -0.3 is 10.1 Å². The number of hydrogen-bond acceptors (Lipinski definition) is 3. The van der Waals surface area contributed by atoms with Crippen LogP contribution in [0.2, 0.25) is 0 Å². The molecule has 0 radical (unpaired) electrons. The maximum atomic E-state index is 11.6. The number of dihydropyridines is 1. The molecule has 1 aliphatic heterocycles. The van der Waals surface area contributed by atoms with Crippen molar-refractivity contribution in [3.63, 3.8) is 0 Å². The predicted molar refractivity (Wildman–Crippen MR) is 58.9 cm³/mol. The monoisotopic (exact) mass is 259 g/mol. The molecule has 0 aromatic rings. The normalized spacial score (nSPS) is 21.1. The number of allylic oxidation sites excluding steroid dienone is 2. The zero-order valence-corrected chi connectivity index (χ0v) is 10.1. The summed E-state index contributed by atoms with van der Waals surface area (Å²) in [5.41, 5.74) is -0.444. The van der Waals surface area contributed by atoms with Crippen molar-refractivity contribution in [1.82, 2.24) is 5.32 Å². The third kappa shape index (κ3) is 3.54. The van der Waals surface area contributed by atoms with Crippen LogP contribution in [-0.2, 0) is 9.53 Å². The van der Waals surface area contributed by atoms with Gasteiger partial charge in [-0.25, -0.2) is 4.79 Å². The smallest absolute Gasteiger partial charge is 0.333 e. The minimum atomic E-state index is -0.444. The van der Waals surface area contributed by atoms with Gasteiger partial charge in [0.25, 0.3) is 0 Å². The number of carbonyl (C=O) groups is 1. The van der Waals surface area contributed by atoms with Gasteiger partial charge in [-0.3, -0.25) is 0 Å². The molecule has 3 nitrogen and oxygen atoms in total. The molecule has 1 aliphatic rings. The molecule has 1 atom stereocenters. The maximum Gasteiger partial charge on any atom is 0.333 e. The average molecular weight is 260 g/mol. The number of nitrogens with one attached hydrogen (secondary N) is 1. The van der Waals surface area contributed by atoms with Gasteiger partial charge in [0.15, 0.2) is 0 Å². The zero-order chi connectivity index (χ0) is 10.8. The van der Waals surface area contributed by atoms with Gasteiger partial charge in [0, 0.05) is 4.48 Å². The highest BCUT2D eigenvalue weighted by Crippen LogP contribution is 2.15. The summed E-state index contributed by atoms with van der Waals surface area (Å²) in [7, 11) is 0. The van der Waals surface area contributed by atoms with E-state index >= 15 is 0 Å². The first kappa shape index (κ1) is 11.3. The van der Waals surface area contributed by atoms with Crippen LogP contribution in [-0.4, -0.2) is 17.6 Å². The lowest BCUT2D eigenvalue weighted by atomic mass is 10.1. The Balaban J connectivity index is 2.59. The standard InChI is InChI=1S/C10H14BrNO2/c1-10(2,3)14-9(13)8-6-7(11)4-5-12-8/h4-6,8,12H,1-3H3. The molecule has 14 heavy (non-hydrogen) atoms. The first-order chi connectivity index (χ1) is 6.38. The molecular formula is C10H14BrNO2. The molecule has 0 aromatic carbocycles. The second-order valence-electron chi connectivity index (χ2n) is 4.06. The van der Waals surface area contributed by atoms with E-state index < -0.39 is 11.6 Å². The summed E-state index contributed by atoms with van der Waals surface area (Å²) in [4.78, 5) is 11.6. The summed E-state index contributed by atoms with van der Waals surface area (Å²) in [5.74, 6) is -0.265. The summed E-state index contributed by atoms with van der Waals surface area (Å²) < 4.78 is 6.11. The second kappa shape index (κ2) is 4.17. The van der Waals surface area contributed by atoms with Gasteiger partial charge in [0.2, 0.25) is 0 Å². The lowest BCUT2D eigenvalue weighted by Gasteiger charge is -2.23. The summed E-state index contributed by atoms with van der Waals surface area (Å²) in [5, 5.41) is 2.91. The maximum absolute atomic E-state index is 11.6. The van der Waals surface area contributed by atoms with Crippen LogP contribution in [0.3, 0.4) is 0 Å². The van der Waals surface area contributed by atoms with Gasteiger partial charge in [-0.2, -0.15) is 0 Å².